The van der Waals surface area contributed by atoms with Crippen molar-refractivity contribution in [3.63, 3.8) is 0 Å². The molecule has 1 saturated heterocycles. The van der Waals surface area contributed by atoms with E-state index in [9.17, 15) is 9.90 Å². The van der Waals surface area contributed by atoms with Gasteiger partial charge in [0.1, 0.15) is 0 Å². The minimum atomic E-state index is -0.711. The molecule has 0 radical (unpaired) electrons. The van der Waals surface area contributed by atoms with Gasteiger partial charge in [0.15, 0.2) is 0 Å². The SMILES string of the molecule is CC1(O)CCN(C(=O)C2(c3ccccc3)CCC2)C1. The number of nitrogens with zero attached hydrogens (tertiary/aromatic N) is 1. The number of aliphatic hydroxyl groups is 1. The zero-order valence-electron chi connectivity index (χ0n) is 11.4. The molecular weight excluding hydrogens is 238 g/mol. The molecule has 1 heterocycles. The fourth-order valence-corrected chi connectivity index (χ4v) is 3.33. The third-order valence-electron chi connectivity index (χ3n) is 4.68. The number of carbonyl (C=O) groups excluding carboxylic acids is 1. The van der Waals surface area contributed by atoms with Gasteiger partial charge in [0, 0.05) is 13.1 Å². The lowest BCUT2D eigenvalue weighted by Gasteiger charge is -2.43. The zero-order chi connectivity index (χ0) is 13.5. The first-order valence-electron chi connectivity index (χ1n) is 7.11. The largest absolute Gasteiger partial charge is 0.388 e. The van der Waals surface area contributed by atoms with Crippen molar-refractivity contribution in [1.29, 1.82) is 0 Å². The Morgan fingerprint density at radius 1 is 1.21 bits per heavy atom. The number of benzene rings is 1. The fraction of sp³-hybridized carbons (Fsp3) is 0.562. The van der Waals surface area contributed by atoms with Gasteiger partial charge in [0.2, 0.25) is 5.91 Å². The maximum atomic E-state index is 12.9. The van der Waals surface area contributed by atoms with Gasteiger partial charge in [-0.25, -0.2) is 0 Å². The van der Waals surface area contributed by atoms with Gasteiger partial charge in [0.05, 0.1) is 11.0 Å². The van der Waals surface area contributed by atoms with E-state index in [0.717, 1.165) is 24.8 Å². The molecule has 3 nitrogen and oxygen atoms in total. The highest BCUT2D eigenvalue weighted by atomic mass is 16.3. The average Bonchev–Trinajstić information content (AvgIpc) is 2.70. The Hall–Kier alpha value is -1.35. The van der Waals surface area contributed by atoms with Crippen molar-refractivity contribution in [3.05, 3.63) is 35.9 Å². The number of carbonyl (C=O) groups is 1. The number of hydrogen-bond donors (Lipinski definition) is 1. The molecule has 1 amide bonds. The summed E-state index contributed by atoms with van der Waals surface area (Å²) in [5.74, 6) is 0.211. The molecule has 0 spiro atoms. The second-order valence-electron chi connectivity index (χ2n) is 6.28. The quantitative estimate of drug-likeness (QED) is 0.883. The van der Waals surface area contributed by atoms with Crippen molar-refractivity contribution in [1.82, 2.24) is 4.90 Å². The molecule has 102 valence electrons. The molecule has 1 atom stereocenters. The van der Waals surface area contributed by atoms with Gasteiger partial charge >= 0.3 is 0 Å². The van der Waals surface area contributed by atoms with Crippen molar-refractivity contribution in [3.8, 4) is 0 Å². The Balaban J connectivity index is 1.85. The van der Waals surface area contributed by atoms with E-state index < -0.39 is 5.60 Å². The maximum absolute atomic E-state index is 12.9. The third-order valence-corrected chi connectivity index (χ3v) is 4.68. The van der Waals surface area contributed by atoms with Crippen molar-refractivity contribution >= 4 is 5.91 Å². The van der Waals surface area contributed by atoms with E-state index in [2.05, 4.69) is 12.1 Å². The average molecular weight is 259 g/mol. The molecule has 19 heavy (non-hydrogen) atoms. The van der Waals surface area contributed by atoms with E-state index in [-0.39, 0.29) is 11.3 Å². The summed E-state index contributed by atoms with van der Waals surface area (Å²) in [6.07, 6.45) is 3.68. The van der Waals surface area contributed by atoms with E-state index in [4.69, 9.17) is 0 Å². The highest BCUT2D eigenvalue weighted by Gasteiger charge is 2.49. The second-order valence-corrected chi connectivity index (χ2v) is 6.28. The molecule has 1 saturated carbocycles. The van der Waals surface area contributed by atoms with Gasteiger partial charge in [-0.15, -0.1) is 0 Å². The fourth-order valence-electron chi connectivity index (χ4n) is 3.33. The van der Waals surface area contributed by atoms with Crippen LogP contribution in [0.5, 0.6) is 0 Å². The molecule has 1 aromatic rings. The van der Waals surface area contributed by atoms with Gasteiger partial charge in [-0.3, -0.25) is 4.79 Å². The standard InChI is InChI=1S/C16H21NO2/c1-15(19)10-11-17(12-15)14(18)16(8-5-9-16)13-6-3-2-4-7-13/h2-4,6-7,19H,5,8-12H2,1H3. The number of likely N-dealkylation sites (tertiary alicyclic amines) is 1. The Kier molecular flexibility index (Phi) is 2.90. The van der Waals surface area contributed by atoms with E-state index in [1.54, 1.807) is 0 Å². The first kappa shape index (κ1) is 12.7. The molecule has 2 aliphatic rings. The van der Waals surface area contributed by atoms with Crippen LogP contribution in [0.3, 0.4) is 0 Å². The Bertz CT molecular complexity index is 477. The van der Waals surface area contributed by atoms with Crippen LogP contribution in [0.4, 0.5) is 0 Å². The van der Waals surface area contributed by atoms with Crippen LogP contribution >= 0.6 is 0 Å². The number of β-amino-alcohol motifs (C(OH)–C–C–N with tert-alkyl or cyclic N) is 1. The zero-order valence-corrected chi connectivity index (χ0v) is 11.4. The lowest BCUT2D eigenvalue weighted by molar-refractivity contribution is -0.140. The number of hydrogen-bond acceptors (Lipinski definition) is 2. The molecule has 1 unspecified atom stereocenters. The van der Waals surface area contributed by atoms with Gasteiger partial charge in [-0.1, -0.05) is 36.8 Å². The minimum absolute atomic E-state index is 0.211. The molecule has 1 aromatic carbocycles. The predicted molar refractivity (Wildman–Crippen MR) is 73.8 cm³/mol. The van der Waals surface area contributed by atoms with Crippen LogP contribution in [0.15, 0.2) is 30.3 Å². The first-order valence-corrected chi connectivity index (χ1v) is 7.11. The summed E-state index contributed by atoms with van der Waals surface area (Å²) < 4.78 is 0. The summed E-state index contributed by atoms with van der Waals surface area (Å²) in [5.41, 5.74) is 0.108. The molecule has 1 aliphatic heterocycles. The Morgan fingerprint density at radius 2 is 1.89 bits per heavy atom. The molecule has 0 aromatic heterocycles. The minimum Gasteiger partial charge on any atom is -0.388 e. The topological polar surface area (TPSA) is 40.5 Å². The van der Waals surface area contributed by atoms with Crippen molar-refractivity contribution in [2.24, 2.45) is 0 Å². The van der Waals surface area contributed by atoms with Crippen LogP contribution in [-0.4, -0.2) is 34.6 Å². The smallest absolute Gasteiger partial charge is 0.233 e. The molecule has 1 aliphatic carbocycles. The number of rotatable bonds is 2. The first-order chi connectivity index (χ1) is 9.04. The molecule has 2 fully saturated rings. The van der Waals surface area contributed by atoms with E-state index >= 15 is 0 Å². The molecule has 3 rings (SSSR count). The summed E-state index contributed by atoms with van der Waals surface area (Å²) in [6.45, 7) is 2.97. The highest BCUT2D eigenvalue weighted by Crippen LogP contribution is 2.45. The van der Waals surface area contributed by atoms with Crippen LogP contribution in [0.25, 0.3) is 0 Å². The van der Waals surface area contributed by atoms with E-state index in [0.29, 0.717) is 19.5 Å². The number of amides is 1. The van der Waals surface area contributed by atoms with Crippen LogP contribution in [0, 0.1) is 0 Å². The van der Waals surface area contributed by atoms with Crippen LogP contribution in [-0.2, 0) is 10.2 Å². The summed E-state index contributed by atoms with van der Waals surface area (Å²) in [5, 5.41) is 10.0. The van der Waals surface area contributed by atoms with Crippen LogP contribution < -0.4 is 0 Å². The maximum Gasteiger partial charge on any atom is 0.233 e. The molecular formula is C16H21NO2. The molecule has 3 heteroatoms. The second kappa shape index (κ2) is 4.34. The highest BCUT2D eigenvalue weighted by molar-refractivity contribution is 5.89. The van der Waals surface area contributed by atoms with Crippen LogP contribution in [0.1, 0.15) is 38.2 Å². The van der Waals surface area contributed by atoms with Gasteiger partial charge in [0.25, 0.3) is 0 Å². The van der Waals surface area contributed by atoms with Crippen molar-refractivity contribution in [2.45, 2.75) is 43.6 Å². The van der Waals surface area contributed by atoms with E-state index in [1.165, 1.54) is 0 Å². The summed E-state index contributed by atoms with van der Waals surface area (Å²) >= 11 is 0. The normalized spacial score (nSPS) is 29.1. The van der Waals surface area contributed by atoms with Crippen molar-refractivity contribution in [2.75, 3.05) is 13.1 Å². The lowest BCUT2D eigenvalue weighted by Crippen LogP contribution is -2.51. The van der Waals surface area contributed by atoms with Gasteiger partial charge in [-0.05, 0) is 31.7 Å². The Morgan fingerprint density at radius 3 is 2.37 bits per heavy atom. The summed E-state index contributed by atoms with van der Waals surface area (Å²) in [7, 11) is 0. The summed E-state index contributed by atoms with van der Waals surface area (Å²) in [6, 6.07) is 10.1. The Labute approximate surface area is 114 Å². The molecule has 0 bridgehead atoms. The van der Waals surface area contributed by atoms with Gasteiger partial charge in [-0.2, -0.15) is 0 Å². The van der Waals surface area contributed by atoms with Gasteiger partial charge < -0.3 is 10.0 Å². The molecule has 1 N–H and O–H groups in total. The van der Waals surface area contributed by atoms with Crippen LogP contribution in [0.2, 0.25) is 0 Å². The summed E-state index contributed by atoms with van der Waals surface area (Å²) in [4.78, 5) is 14.7. The van der Waals surface area contributed by atoms with Crippen molar-refractivity contribution < 1.29 is 9.90 Å². The van der Waals surface area contributed by atoms with E-state index in [1.807, 2.05) is 30.0 Å². The third kappa shape index (κ3) is 2.06. The monoisotopic (exact) mass is 259 g/mol. The lowest BCUT2D eigenvalue weighted by atomic mass is 9.63. The predicted octanol–water partition coefficient (Wildman–Crippen LogP) is 2.09.